The third-order valence-electron chi connectivity index (χ3n) is 0.837. The molecule has 1 nitrogen and oxygen atoms in total. The quantitative estimate of drug-likeness (QED) is 0.386. The molecule has 0 aromatic heterocycles. The molecular weight excluding hydrogens is 166 g/mol. The van der Waals surface area contributed by atoms with E-state index in [0.717, 1.165) is 0 Å². The van der Waals surface area contributed by atoms with Gasteiger partial charge in [-0.15, -0.1) is 12.6 Å². The summed E-state index contributed by atoms with van der Waals surface area (Å²) in [6, 6.07) is 1.87. The van der Waals surface area contributed by atoms with Crippen molar-refractivity contribution in [2.75, 3.05) is 0 Å². The largest absolute Gasteiger partial charge is 0.192 e. The second-order valence-corrected chi connectivity index (χ2v) is 2.39. The van der Waals surface area contributed by atoms with Crippen molar-refractivity contribution < 1.29 is 0 Å². The maximum Gasteiger partial charge on any atom is 0.100 e. The van der Waals surface area contributed by atoms with Gasteiger partial charge in [0.2, 0.25) is 0 Å². The van der Waals surface area contributed by atoms with E-state index in [0.29, 0.717) is 10.5 Å². The standard InChI is InChI=1S/C7H6ClNS/c1-3-6(4-9)7(10)5(2)8/h3,10H,1-2H2/b7-6-. The SMILES string of the molecule is C=C/C(C#N)=C(/S)C(=C)Cl. The maximum absolute atomic E-state index is 8.42. The first-order chi connectivity index (χ1) is 4.63. The molecule has 0 aliphatic carbocycles. The molecule has 3 heteroatoms. The van der Waals surface area contributed by atoms with Crippen LogP contribution in [0, 0.1) is 11.3 Å². The van der Waals surface area contributed by atoms with Crippen LogP contribution in [-0.4, -0.2) is 0 Å². The Morgan fingerprint density at radius 1 is 1.70 bits per heavy atom. The fourth-order valence-corrected chi connectivity index (χ4v) is 0.584. The van der Waals surface area contributed by atoms with Crippen molar-refractivity contribution in [3.8, 4) is 6.07 Å². The van der Waals surface area contributed by atoms with E-state index in [4.69, 9.17) is 16.9 Å². The zero-order valence-corrected chi connectivity index (χ0v) is 6.91. The lowest BCUT2D eigenvalue weighted by molar-refractivity contribution is 1.49. The van der Waals surface area contributed by atoms with Gasteiger partial charge >= 0.3 is 0 Å². The molecule has 0 atom stereocenters. The van der Waals surface area contributed by atoms with Crippen LogP contribution >= 0.6 is 24.2 Å². The predicted octanol–water partition coefficient (Wildman–Crippen LogP) is 2.63. The summed E-state index contributed by atoms with van der Waals surface area (Å²) >= 11 is 9.39. The van der Waals surface area contributed by atoms with E-state index >= 15 is 0 Å². The number of allylic oxidation sites excluding steroid dienone is 3. The van der Waals surface area contributed by atoms with Gasteiger partial charge in [0.1, 0.15) is 6.07 Å². The highest BCUT2D eigenvalue weighted by atomic mass is 35.5. The van der Waals surface area contributed by atoms with Gasteiger partial charge in [-0.1, -0.05) is 30.8 Å². The van der Waals surface area contributed by atoms with Crippen LogP contribution < -0.4 is 0 Å². The third kappa shape index (κ3) is 2.30. The van der Waals surface area contributed by atoms with E-state index in [1.165, 1.54) is 6.08 Å². The summed E-state index contributed by atoms with van der Waals surface area (Å²) in [7, 11) is 0. The van der Waals surface area contributed by atoms with E-state index in [9.17, 15) is 0 Å². The lowest BCUT2D eigenvalue weighted by Gasteiger charge is -1.94. The van der Waals surface area contributed by atoms with Crippen molar-refractivity contribution in [1.29, 1.82) is 5.26 Å². The zero-order valence-electron chi connectivity index (χ0n) is 5.26. The molecule has 0 heterocycles. The Hall–Kier alpha value is -0.650. The highest BCUT2D eigenvalue weighted by Crippen LogP contribution is 2.20. The number of hydrogen-bond donors (Lipinski definition) is 1. The van der Waals surface area contributed by atoms with Crippen LogP contribution in [0.15, 0.2) is 34.7 Å². The third-order valence-corrected chi connectivity index (χ3v) is 1.67. The Labute approximate surface area is 70.7 Å². The van der Waals surface area contributed by atoms with Crippen LogP contribution in [0.5, 0.6) is 0 Å². The van der Waals surface area contributed by atoms with Gasteiger partial charge < -0.3 is 0 Å². The van der Waals surface area contributed by atoms with Crippen molar-refractivity contribution in [3.05, 3.63) is 34.7 Å². The van der Waals surface area contributed by atoms with E-state index in [1.54, 1.807) is 0 Å². The van der Waals surface area contributed by atoms with Crippen LogP contribution in [0.1, 0.15) is 0 Å². The van der Waals surface area contributed by atoms with Crippen LogP contribution in [0.4, 0.5) is 0 Å². The van der Waals surface area contributed by atoms with Gasteiger partial charge in [-0.3, -0.25) is 0 Å². The Bertz CT molecular complexity index is 234. The topological polar surface area (TPSA) is 23.8 Å². The Balaban J connectivity index is 4.82. The molecular formula is C7H6ClNS. The van der Waals surface area contributed by atoms with Gasteiger partial charge in [0, 0.05) is 9.94 Å². The fourth-order valence-electron chi connectivity index (χ4n) is 0.341. The zero-order chi connectivity index (χ0) is 8.15. The molecule has 10 heavy (non-hydrogen) atoms. The van der Waals surface area contributed by atoms with Crippen molar-refractivity contribution in [2.24, 2.45) is 0 Å². The van der Waals surface area contributed by atoms with Crippen LogP contribution in [-0.2, 0) is 0 Å². The molecule has 0 N–H and O–H groups in total. The molecule has 0 radical (unpaired) electrons. The summed E-state index contributed by atoms with van der Waals surface area (Å²) < 4.78 is 0. The average molecular weight is 172 g/mol. The molecule has 0 rings (SSSR count). The normalized spacial score (nSPS) is 11.3. The van der Waals surface area contributed by atoms with Gasteiger partial charge in [0.15, 0.2) is 0 Å². The van der Waals surface area contributed by atoms with Gasteiger partial charge in [-0.25, -0.2) is 0 Å². The summed E-state index contributed by atoms with van der Waals surface area (Å²) in [6.07, 6.45) is 1.38. The van der Waals surface area contributed by atoms with Crippen molar-refractivity contribution in [2.45, 2.75) is 0 Å². The van der Waals surface area contributed by atoms with Crippen molar-refractivity contribution >= 4 is 24.2 Å². The first-order valence-electron chi connectivity index (χ1n) is 2.44. The first kappa shape index (κ1) is 9.35. The summed E-state index contributed by atoms with van der Waals surface area (Å²) in [5.41, 5.74) is 0.336. The molecule has 0 fully saturated rings. The highest BCUT2D eigenvalue weighted by molar-refractivity contribution is 7.85. The number of nitriles is 1. The Kier molecular flexibility index (Phi) is 3.94. The number of rotatable bonds is 2. The van der Waals surface area contributed by atoms with Crippen LogP contribution in [0.2, 0.25) is 0 Å². The molecule has 0 amide bonds. The number of hydrogen-bond acceptors (Lipinski definition) is 2. The van der Waals surface area contributed by atoms with Gasteiger partial charge in [-0.05, 0) is 0 Å². The summed E-state index contributed by atoms with van der Waals surface area (Å²) in [4.78, 5) is 0.374. The summed E-state index contributed by atoms with van der Waals surface area (Å²) in [5.74, 6) is 0. The maximum atomic E-state index is 8.42. The van der Waals surface area contributed by atoms with Crippen molar-refractivity contribution in [1.82, 2.24) is 0 Å². The summed E-state index contributed by atoms with van der Waals surface area (Å²) in [6.45, 7) is 6.81. The molecule has 0 aromatic rings. The van der Waals surface area contributed by atoms with E-state index in [1.807, 2.05) is 6.07 Å². The molecule has 0 bridgehead atoms. The number of halogens is 1. The summed E-state index contributed by atoms with van der Waals surface area (Å²) in [5, 5.41) is 8.67. The van der Waals surface area contributed by atoms with E-state index < -0.39 is 0 Å². The molecule has 0 unspecified atom stereocenters. The number of thiol groups is 1. The monoisotopic (exact) mass is 171 g/mol. The lowest BCUT2D eigenvalue weighted by atomic mass is 10.2. The Morgan fingerprint density at radius 3 is 2.30 bits per heavy atom. The number of nitrogens with zero attached hydrogens (tertiary/aromatic N) is 1. The fraction of sp³-hybridized carbons (Fsp3) is 0. The van der Waals surface area contributed by atoms with Crippen molar-refractivity contribution in [3.63, 3.8) is 0 Å². The molecule has 0 spiro atoms. The van der Waals surface area contributed by atoms with Crippen LogP contribution in [0.3, 0.4) is 0 Å². The lowest BCUT2D eigenvalue weighted by Crippen LogP contribution is -1.77. The minimum Gasteiger partial charge on any atom is -0.192 e. The first-order valence-corrected chi connectivity index (χ1v) is 3.26. The molecule has 0 saturated carbocycles. The van der Waals surface area contributed by atoms with E-state index in [-0.39, 0.29) is 5.03 Å². The second kappa shape index (κ2) is 4.21. The minimum atomic E-state index is 0.250. The van der Waals surface area contributed by atoms with Gasteiger partial charge in [0.05, 0.1) is 5.57 Å². The van der Waals surface area contributed by atoms with E-state index in [2.05, 4.69) is 25.8 Å². The molecule has 0 aliphatic heterocycles. The predicted molar refractivity (Wildman–Crippen MR) is 46.8 cm³/mol. The van der Waals surface area contributed by atoms with Crippen LogP contribution in [0.25, 0.3) is 0 Å². The molecule has 52 valence electrons. The molecule has 0 aromatic carbocycles. The average Bonchev–Trinajstić information content (AvgIpc) is 1.90. The Morgan fingerprint density at radius 2 is 2.20 bits per heavy atom. The molecule has 0 aliphatic rings. The smallest absolute Gasteiger partial charge is 0.100 e. The minimum absolute atomic E-state index is 0.250. The second-order valence-electron chi connectivity index (χ2n) is 1.48. The van der Waals surface area contributed by atoms with Gasteiger partial charge in [0.25, 0.3) is 0 Å². The highest BCUT2D eigenvalue weighted by Gasteiger charge is 1.99. The molecule has 0 saturated heterocycles. The van der Waals surface area contributed by atoms with Gasteiger partial charge in [-0.2, -0.15) is 5.26 Å².